The Labute approximate surface area is 306 Å². The second-order valence-corrected chi connectivity index (χ2v) is 12.9. The molecule has 1 fully saturated rings. The Kier molecular flexibility index (Phi) is 13.8. The SMILES string of the molecule is CCNc1nc(Nc2cc(C#N)cc(N3CCC(NC(=O)OC)C(OC(=O)C(NC(=O)[C@@H](N)CCCCN)C(C)C)C3)c2Cl)nn2c(C#N)cnc12. The summed E-state index contributed by atoms with van der Waals surface area (Å²) in [6.07, 6.45) is 1.85. The number of rotatable bonds is 15. The van der Waals surface area contributed by atoms with E-state index in [9.17, 15) is 24.9 Å². The van der Waals surface area contributed by atoms with Crippen LogP contribution in [0.25, 0.3) is 5.65 Å². The van der Waals surface area contributed by atoms with Gasteiger partial charge in [0.25, 0.3) is 0 Å². The molecule has 1 aliphatic heterocycles. The van der Waals surface area contributed by atoms with Crippen LogP contribution in [0.1, 0.15) is 57.7 Å². The quantitative estimate of drug-likeness (QED) is 0.0964. The number of nitrogens with zero attached hydrogens (tertiary/aromatic N) is 7. The number of ether oxygens (including phenoxy) is 2. The zero-order valence-electron chi connectivity index (χ0n) is 29.5. The molecule has 8 N–H and O–H groups in total. The lowest BCUT2D eigenvalue weighted by Crippen LogP contribution is -2.58. The number of anilines is 4. The third kappa shape index (κ3) is 9.46. The maximum absolute atomic E-state index is 13.7. The molecule has 0 saturated carbocycles. The van der Waals surface area contributed by atoms with Crippen molar-refractivity contribution in [2.45, 2.75) is 70.7 Å². The number of amides is 2. The molecule has 18 nitrogen and oxygen atoms in total. The first kappa shape index (κ1) is 39.4. The van der Waals surface area contributed by atoms with Crippen molar-refractivity contribution in [3.8, 4) is 12.1 Å². The van der Waals surface area contributed by atoms with Crippen molar-refractivity contribution >= 4 is 58.4 Å². The molecule has 278 valence electrons. The van der Waals surface area contributed by atoms with Crippen molar-refractivity contribution < 1.29 is 23.9 Å². The molecule has 0 radical (unpaired) electrons. The first-order valence-electron chi connectivity index (χ1n) is 16.9. The highest BCUT2D eigenvalue weighted by Crippen LogP contribution is 2.37. The summed E-state index contributed by atoms with van der Waals surface area (Å²) in [5.41, 5.74) is 13.2. The predicted molar refractivity (Wildman–Crippen MR) is 193 cm³/mol. The van der Waals surface area contributed by atoms with Crippen molar-refractivity contribution in [2.24, 2.45) is 17.4 Å². The van der Waals surface area contributed by atoms with Crippen LogP contribution in [0.2, 0.25) is 5.02 Å². The van der Waals surface area contributed by atoms with E-state index in [2.05, 4.69) is 42.4 Å². The molecule has 52 heavy (non-hydrogen) atoms. The van der Waals surface area contributed by atoms with Gasteiger partial charge in [-0.2, -0.15) is 20.0 Å². The monoisotopic (exact) mass is 737 g/mol. The number of carbonyl (C=O) groups excluding carboxylic acids is 3. The number of piperidine rings is 1. The molecule has 3 aromatic rings. The maximum atomic E-state index is 13.7. The fourth-order valence-electron chi connectivity index (χ4n) is 5.66. The Morgan fingerprint density at radius 2 is 1.96 bits per heavy atom. The average molecular weight is 738 g/mol. The topological polar surface area (TPSA) is 264 Å². The minimum absolute atomic E-state index is 0.0550. The second kappa shape index (κ2) is 18.2. The first-order valence-corrected chi connectivity index (χ1v) is 17.3. The molecule has 2 aromatic heterocycles. The smallest absolute Gasteiger partial charge is 0.407 e. The van der Waals surface area contributed by atoms with Crippen LogP contribution in [-0.4, -0.2) is 95.1 Å². The Morgan fingerprint density at radius 1 is 1.19 bits per heavy atom. The Morgan fingerprint density at radius 3 is 2.62 bits per heavy atom. The van der Waals surface area contributed by atoms with Gasteiger partial charge in [0.05, 0.1) is 60.0 Å². The number of hydrogen-bond acceptors (Lipinski definition) is 15. The summed E-state index contributed by atoms with van der Waals surface area (Å²) in [5.74, 6) is -1.09. The van der Waals surface area contributed by atoms with Crippen molar-refractivity contribution in [3.05, 3.63) is 34.6 Å². The summed E-state index contributed by atoms with van der Waals surface area (Å²) in [6.45, 7) is 6.82. The van der Waals surface area contributed by atoms with Crippen LogP contribution in [0.15, 0.2) is 18.3 Å². The fourth-order valence-corrected chi connectivity index (χ4v) is 5.94. The first-order chi connectivity index (χ1) is 24.9. The molecule has 1 aromatic carbocycles. The summed E-state index contributed by atoms with van der Waals surface area (Å²) in [4.78, 5) is 49.4. The number of esters is 1. The zero-order chi connectivity index (χ0) is 37.9. The molecule has 3 heterocycles. The lowest BCUT2D eigenvalue weighted by atomic mass is 9.99. The Balaban J connectivity index is 1.62. The number of methoxy groups -OCH3 is 1. The lowest BCUT2D eigenvalue weighted by molar-refractivity contribution is -0.156. The molecule has 1 saturated heterocycles. The number of fused-ring (bicyclic) bond motifs is 1. The minimum Gasteiger partial charge on any atom is -0.457 e. The molecule has 0 bridgehead atoms. The fraction of sp³-hybridized carbons (Fsp3) is 0.515. The number of nitrogens with one attached hydrogen (secondary N) is 4. The second-order valence-electron chi connectivity index (χ2n) is 12.5. The maximum Gasteiger partial charge on any atom is 0.407 e. The largest absolute Gasteiger partial charge is 0.457 e. The molecule has 0 aliphatic carbocycles. The molecule has 0 spiro atoms. The van der Waals surface area contributed by atoms with E-state index in [1.54, 1.807) is 19.9 Å². The average Bonchev–Trinajstić information content (AvgIpc) is 3.55. The van der Waals surface area contributed by atoms with Gasteiger partial charge >= 0.3 is 12.1 Å². The summed E-state index contributed by atoms with van der Waals surface area (Å²) in [7, 11) is 1.23. The van der Waals surface area contributed by atoms with Gasteiger partial charge in [0.15, 0.2) is 17.2 Å². The molecule has 1 aliphatic rings. The molecule has 19 heteroatoms. The van der Waals surface area contributed by atoms with Crippen LogP contribution >= 0.6 is 11.6 Å². The van der Waals surface area contributed by atoms with Gasteiger partial charge in [0, 0.05) is 13.1 Å². The van der Waals surface area contributed by atoms with E-state index in [1.807, 2.05) is 17.9 Å². The van der Waals surface area contributed by atoms with Crippen LogP contribution < -0.4 is 37.6 Å². The van der Waals surface area contributed by atoms with Gasteiger partial charge in [-0.3, -0.25) is 4.79 Å². The summed E-state index contributed by atoms with van der Waals surface area (Å²) < 4.78 is 12.2. The number of aromatic nitrogens is 4. The van der Waals surface area contributed by atoms with E-state index in [1.165, 1.54) is 23.9 Å². The predicted octanol–water partition coefficient (Wildman–Crippen LogP) is 2.14. The van der Waals surface area contributed by atoms with E-state index in [4.69, 9.17) is 32.5 Å². The number of benzene rings is 1. The van der Waals surface area contributed by atoms with E-state index in [0.29, 0.717) is 61.7 Å². The van der Waals surface area contributed by atoms with Gasteiger partial charge in [-0.1, -0.05) is 31.9 Å². The molecule has 2 amide bonds. The van der Waals surface area contributed by atoms with Gasteiger partial charge in [0.2, 0.25) is 11.9 Å². The number of unbranched alkanes of at least 4 members (excludes halogenated alkanes) is 1. The molecule has 3 unspecified atom stereocenters. The standard InChI is InChI=1S/C33H44ClN13O5/c1-5-39-28-29-40-16-20(15-37)47(29)45-32(44-28)41-23-12-19(14-36)13-24(26(23)34)46-11-9-22(42-33(50)51-4)25(17-46)52-31(49)27(18(2)3)43-30(48)21(38)8-6-7-10-35/h12-13,16,18,21-22,25,27H,5-11,17,35,38H2,1-4H3,(H,42,50)(H,43,48)(H2,39,41,44,45)/t21-,22?,25?,27?/m0/s1. The summed E-state index contributed by atoms with van der Waals surface area (Å²) in [6, 6.07) is 4.81. The van der Waals surface area contributed by atoms with E-state index in [-0.39, 0.29) is 34.7 Å². The van der Waals surface area contributed by atoms with Crippen LogP contribution in [0.5, 0.6) is 0 Å². The van der Waals surface area contributed by atoms with Crippen molar-refractivity contribution in [3.63, 3.8) is 0 Å². The molecule has 4 rings (SSSR count). The molecular formula is C33H44ClN13O5. The van der Waals surface area contributed by atoms with Crippen molar-refractivity contribution in [1.82, 2.24) is 30.2 Å². The van der Waals surface area contributed by atoms with Crippen molar-refractivity contribution in [2.75, 3.05) is 48.8 Å². The van der Waals surface area contributed by atoms with Crippen LogP contribution in [-0.2, 0) is 19.1 Å². The van der Waals surface area contributed by atoms with Crippen LogP contribution in [0.3, 0.4) is 0 Å². The van der Waals surface area contributed by atoms with Crippen molar-refractivity contribution in [1.29, 1.82) is 10.5 Å². The van der Waals surface area contributed by atoms with Gasteiger partial charge in [-0.05, 0) is 50.8 Å². The van der Waals surface area contributed by atoms with Crippen LogP contribution in [0.4, 0.5) is 27.9 Å². The zero-order valence-corrected chi connectivity index (χ0v) is 30.2. The number of nitrogens with two attached hydrogens (primary N) is 2. The number of carbonyl (C=O) groups is 3. The summed E-state index contributed by atoms with van der Waals surface area (Å²) >= 11 is 6.98. The number of alkyl carbamates (subject to hydrolysis) is 1. The van der Waals surface area contributed by atoms with Gasteiger partial charge in [0.1, 0.15) is 18.2 Å². The Hall–Kier alpha value is -5.43. The van der Waals surface area contributed by atoms with E-state index < -0.39 is 42.2 Å². The highest BCUT2D eigenvalue weighted by molar-refractivity contribution is 6.36. The molecular weight excluding hydrogens is 694 g/mol. The van der Waals surface area contributed by atoms with Gasteiger partial charge in [-0.15, -0.1) is 5.10 Å². The van der Waals surface area contributed by atoms with Crippen LogP contribution in [0, 0.1) is 28.6 Å². The van der Waals surface area contributed by atoms with E-state index in [0.717, 1.165) is 6.42 Å². The number of imidazole rings is 1. The summed E-state index contributed by atoms with van der Waals surface area (Å²) in [5, 5.41) is 35.8. The molecule has 4 atom stereocenters. The minimum atomic E-state index is -1.02. The highest BCUT2D eigenvalue weighted by Gasteiger charge is 2.37. The van der Waals surface area contributed by atoms with Gasteiger partial charge < -0.3 is 47.1 Å². The third-order valence-electron chi connectivity index (χ3n) is 8.43. The Bertz CT molecular complexity index is 1840. The highest BCUT2D eigenvalue weighted by atomic mass is 35.5. The van der Waals surface area contributed by atoms with E-state index >= 15 is 0 Å². The normalized spacial score (nSPS) is 16.7. The van der Waals surface area contributed by atoms with Gasteiger partial charge in [-0.25, -0.2) is 14.6 Å². The number of hydrogen-bond donors (Lipinski definition) is 6. The number of halogens is 1. The third-order valence-corrected chi connectivity index (χ3v) is 8.83. The lowest BCUT2D eigenvalue weighted by Gasteiger charge is -2.40. The number of nitriles is 2.